The molecule has 0 amide bonds. The lowest BCUT2D eigenvalue weighted by Gasteiger charge is -2.08. The summed E-state index contributed by atoms with van der Waals surface area (Å²) < 4.78 is 16.7. The zero-order valence-electron chi connectivity index (χ0n) is 18.4. The van der Waals surface area contributed by atoms with Gasteiger partial charge in [0.15, 0.2) is 0 Å². The predicted octanol–water partition coefficient (Wildman–Crippen LogP) is 7.16. The second-order valence-electron chi connectivity index (χ2n) is 7.98. The maximum Gasteiger partial charge on any atom is 0.269 e. The fraction of sp³-hybridized carbons (Fsp3) is 0.0769. The lowest BCUT2D eigenvalue weighted by Crippen LogP contribution is -2.13. The zero-order valence-corrected chi connectivity index (χ0v) is 20.8. The van der Waals surface area contributed by atoms with Crippen LogP contribution in [0.5, 0.6) is 0 Å². The normalized spacial score (nSPS) is 11.2. The second-order valence-corrected chi connectivity index (χ2v) is 9.84. The number of hydrogen-bond acceptors (Lipinski definition) is 5. The third kappa shape index (κ3) is 4.40. The van der Waals surface area contributed by atoms with Gasteiger partial charge in [0.1, 0.15) is 5.82 Å². The van der Waals surface area contributed by atoms with Crippen LogP contribution in [-0.2, 0) is 6.42 Å². The van der Waals surface area contributed by atoms with Crippen molar-refractivity contribution in [1.29, 1.82) is 0 Å². The van der Waals surface area contributed by atoms with Crippen molar-refractivity contribution in [1.82, 2.24) is 9.55 Å². The summed E-state index contributed by atoms with van der Waals surface area (Å²) in [6.45, 7) is 1.86. The number of benzene rings is 3. The molecule has 5 rings (SSSR count). The highest BCUT2D eigenvalue weighted by Crippen LogP contribution is 2.32. The third-order valence-corrected chi connectivity index (χ3v) is 7.22. The number of carbonyl (C=O) groups is 1. The first-order chi connectivity index (χ1) is 16.8. The molecule has 0 fully saturated rings. The predicted molar refractivity (Wildman–Crippen MR) is 138 cm³/mol. The van der Waals surface area contributed by atoms with E-state index in [1.54, 1.807) is 34.9 Å². The molecule has 6 nitrogen and oxygen atoms in total. The van der Waals surface area contributed by atoms with Crippen molar-refractivity contribution in [2.45, 2.75) is 13.3 Å². The summed E-state index contributed by atoms with van der Waals surface area (Å²) in [5, 5.41) is 14.3. The van der Waals surface area contributed by atoms with Gasteiger partial charge in [-0.3, -0.25) is 19.5 Å². The molecule has 5 aromatic rings. The molecule has 0 aliphatic rings. The highest BCUT2D eigenvalue weighted by atomic mass is 79.9. The maximum atomic E-state index is 14.2. The lowest BCUT2D eigenvalue weighted by molar-refractivity contribution is -0.384. The number of rotatable bonds is 5. The highest BCUT2D eigenvalue weighted by Gasteiger charge is 2.21. The minimum absolute atomic E-state index is 0.0186. The number of hydrogen-bond donors (Lipinski definition) is 0. The summed E-state index contributed by atoms with van der Waals surface area (Å²) >= 11 is 4.84. The van der Waals surface area contributed by atoms with Crippen LogP contribution in [0.3, 0.4) is 0 Å². The van der Waals surface area contributed by atoms with Crippen LogP contribution < -0.4 is 0 Å². The van der Waals surface area contributed by atoms with Crippen LogP contribution in [0.15, 0.2) is 76.6 Å². The molecule has 9 heteroatoms. The van der Waals surface area contributed by atoms with Crippen LogP contribution in [0, 0.1) is 22.9 Å². The van der Waals surface area contributed by atoms with Gasteiger partial charge in [0.25, 0.3) is 11.6 Å². The molecule has 2 heterocycles. The lowest BCUT2D eigenvalue weighted by atomic mass is 10.1. The Morgan fingerprint density at radius 3 is 2.51 bits per heavy atom. The molecule has 0 unspecified atom stereocenters. The molecule has 0 bridgehead atoms. The highest BCUT2D eigenvalue weighted by molar-refractivity contribution is 9.10. The van der Waals surface area contributed by atoms with E-state index < -0.39 is 4.92 Å². The molecule has 0 atom stereocenters. The van der Waals surface area contributed by atoms with Crippen LogP contribution in [0.4, 0.5) is 10.1 Å². The monoisotopic (exact) mass is 549 g/mol. The molecular weight excluding hydrogens is 533 g/mol. The molecule has 0 spiro atoms. The van der Waals surface area contributed by atoms with Crippen molar-refractivity contribution in [3.05, 3.63) is 114 Å². The van der Waals surface area contributed by atoms with Crippen LogP contribution in [0.1, 0.15) is 26.6 Å². The number of nitrogens with zero attached hydrogens (tertiary/aromatic N) is 3. The summed E-state index contributed by atoms with van der Waals surface area (Å²) in [6.07, 6.45) is 0.421. The minimum Gasteiger partial charge on any atom is -0.280 e. The fourth-order valence-corrected chi connectivity index (χ4v) is 5.17. The van der Waals surface area contributed by atoms with Gasteiger partial charge in [0.2, 0.25) is 0 Å². The molecule has 0 saturated heterocycles. The third-order valence-electron chi connectivity index (χ3n) is 5.84. The van der Waals surface area contributed by atoms with Gasteiger partial charge in [-0.15, -0.1) is 11.3 Å². The quantitative estimate of drug-likeness (QED) is 0.172. The Morgan fingerprint density at radius 1 is 1.11 bits per heavy atom. The van der Waals surface area contributed by atoms with E-state index in [0.717, 1.165) is 26.3 Å². The molecule has 2 aromatic heterocycles. The Bertz CT molecular complexity index is 1590. The Kier molecular flexibility index (Phi) is 6.04. The second kappa shape index (κ2) is 9.16. The fourth-order valence-electron chi connectivity index (χ4n) is 4.09. The van der Waals surface area contributed by atoms with Gasteiger partial charge >= 0.3 is 0 Å². The summed E-state index contributed by atoms with van der Waals surface area (Å²) in [6, 6.07) is 17.8. The number of nitro benzene ring substituents is 1. The summed E-state index contributed by atoms with van der Waals surface area (Å²) in [4.78, 5) is 28.6. The average Bonchev–Trinajstić information content (AvgIpc) is 3.42. The van der Waals surface area contributed by atoms with Crippen LogP contribution in [0.2, 0.25) is 0 Å². The maximum absolute atomic E-state index is 14.2. The standard InChI is InChI=1S/C26H17BrFN3O3S/c1-15-21(13-25-29-23(14-35-25)16-4-9-20(10-5-16)31(33)34)22-12-19(28)8-11-24(22)30(15)26(32)17-2-6-18(27)7-3-17/h2-12,14H,13H2,1H3. The molecular formula is C26H17BrFN3O3S. The Labute approximate surface area is 212 Å². The van der Waals surface area contributed by atoms with E-state index in [0.29, 0.717) is 28.6 Å². The molecule has 35 heavy (non-hydrogen) atoms. The van der Waals surface area contributed by atoms with Gasteiger partial charge in [-0.1, -0.05) is 15.9 Å². The number of aromatic nitrogens is 2. The number of halogens is 2. The Morgan fingerprint density at radius 2 is 1.83 bits per heavy atom. The van der Waals surface area contributed by atoms with Crippen molar-refractivity contribution in [2.75, 3.05) is 0 Å². The molecule has 0 N–H and O–H groups in total. The van der Waals surface area contributed by atoms with E-state index in [4.69, 9.17) is 4.98 Å². The topological polar surface area (TPSA) is 78.0 Å². The largest absolute Gasteiger partial charge is 0.280 e. The molecule has 3 aromatic carbocycles. The van der Waals surface area contributed by atoms with E-state index in [-0.39, 0.29) is 17.4 Å². The number of thiazole rings is 1. The van der Waals surface area contributed by atoms with Gasteiger partial charge in [0, 0.05) is 50.6 Å². The van der Waals surface area contributed by atoms with E-state index in [1.165, 1.54) is 35.6 Å². The Hall–Kier alpha value is -3.69. The van der Waals surface area contributed by atoms with Gasteiger partial charge in [-0.2, -0.15) is 0 Å². The van der Waals surface area contributed by atoms with E-state index in [1.807, 2.05) is 24.4 Å². The first-order valence-electron chi connectivity index (χ1n) is 10.6. The first kappa shape index (κ1) is 23.1. The van der Waals surface area contributed by atoms with Crippen molar-refractivity contribution < 1.29 is 14.1 Å². The van der Waals surface area contributed by atoms with Crippen molar-refractivity contribution >= 4 is 49.8 Å². The van der Waals surface area contributed by atoms with E-state index in [9.17, 15) is 19.3 Å². The summed E-state index contributed by atoms with van der Waals surface area (Å²) in [7, 11) is 0. The zero-order chi connectivity index (χ0) is 24.7. The molecule has 0 saturated carbocycles. The van der Waals surface area contributed by atoms with Gasteiger partial charge in [-0.25, -0.2) is 9.37 Å². The SMILES string of the molecule is Cc1c(Cc2nc(-c3ccc([N+](=O)[O-])cc3)cs2)c2cc(F)ccc2n1C(=O)c1ccc(Br)cc1. The first-order valence-corrected chi connectivity index (χ1v) is 12.3. The van der Waals surface area contributed by atoms with Crippen LogP contribution in [0.25, 0.3) is 22.2 Å². The van der Waals surface area contributed by atoms with Gasteiger partial charge < -0.3 is 0 Å². The van der Waals surface area contributed by atoms with Crippen LogP contribution >= 0.6 is 27.3 Å². The molecule has 174 valence electrons. The van der Waals surface area contributed by atoms with E-state index >= 15 is 0 Å². The number of carbonyl (C=O) groups excluding carboxylic acids is 1. The average molecular weight is 550 g/mol. The minimum atomic E-state index is -0.441. The number of nitro groups is 1. The molecule has 0 aliphatic carbocycles. The van der Waals surface area contributed by atoms with Gasteiger partial charge in [-0.05, 0) is 67.1 Å². The van der Waals surface area contributed by atoms with Crippen molar-refractivity contribution in [3.63, 3.8) is 0 Å². The van der Waals surface area contributed by atoms with Crippen molar-refractivity contribution in [2.24, 2.45) is 0 Å². The smallest absolute Gasteiger partial charge is 0.269 e. The number of fused-ring (bicyclic) bond motifs is 1. The summed E-state index contributed by atoms with van der Waals surface area (Å²) in [5.41, 5.74) is 4.22. The number of non-ortho nitro benzene ring substituents is 1. The van der Waals surface area contributed by atoms with E-state index in [2.05, 4.69) is 15.9 Å². The van der Waals surface area contributed by atoms with Gasteiger partial charge in [0.05, 0.1) is 21.1 Å². The molecule has 0 radical (unpaired) electrons. The molecule has 0 aliphatic heterocycles. The summed E-state index contributed by atoms with van der Waals surface area (Å²) in [5.74, 6) is -0.568. The van der Waals surface area contributed by atoms with Crippen molar-refractivity contribution in [3.8, 4) is 11.3 Å². The Balaban J connectivity index is 1.53. The van der Waals surface area contributed by atoms with Crippen LogP contribution in [-0.4, -0.2) is 20.4 Å².